The van der Waals surface area contributed by atoms with Gasteiger partial charge in [-0.15, -0.1) is 0 Å². The predicted octanol–water partition coefficient (Wildman–Crippen LogP) is 8.26. The molecule has 0 radical (unpaired) electrons. The molecule has 3 aromatic rings. The SMILES string of the molecule is CC1CC(C)(C)N(C)c2cc(Cl)c(C=Nc3ccc(Oc4cccc(Cl)c4)cc3)cc21. The third-order valence-electron chi connectivity index (χ3n) is 5.97. The molecular weight excluding hydrogens is 427 g/mol. The van der Waals surface area contributed by atoms with Crippen molar-refractivity contribution < 1.29 is 4.74 Å². The fourth-order valence-electron chi connectivity index (χ4n) is 4.11. The molecule has 0 spiro atoms. The van der Waals surface area contributed by atoms with Crippen molar-refractivity contribution in [2.75, 3.05) is 11.9 Å². The highest BCUT2D eigenvalue weighted by atomic mass is 35.5. The lowest BCUT2D eigenvalue weighted by atomic mass is 9.80. The minimum Gasteiger partial charge on any atom is -0.457 e. The van der Waals surface area contributed by atoms with E-state index < -0.39 is 0 Å². The molecule has 5 heteroatoms. The minimum atomic E-state index is 0.111. The average Bonchev–Trinajstić information content (AvgIpc) is 2.72. The molecule has 0 aromatic heterocycles. The van der Waals surface area contributed by atoms with Gasteiger partial charge in [-0.25, -0.2) is 0 Å². The van der Waals surface area contributed by atoms with Gasteiger partial charge in [0.15, 0.2) is 0 Å². The Hall–Kier alpha value is -2.49. The maximum Gasteiger partial charge on any atom is 0.128 e. The normalized spacial score (nSPS) is 17.6. The van der Waals surface area contributed by atoms with Crippen LogP contribution in [0.15, 0.2) is 65.7 Å². The maximum atomic E-state index is 6.61. The Morgan fingerprint density at radius 1 is 1.03 bits per heavy atom. The van der Waals surface area contributed by atoms with E-state index in [4.69, 9.17) is 27.9 Å². The first-order valence-electron chi connectivity index (χ1n) is 10.4. The summed E-state index contributed by atoms with van der Waals surface area (Å²) in [5, 5.41) is 1.35. The smallest absolute Gasteiger partial charge is 0.128 e. The minimum absolute atomic E-state index is 0.111. The molecule has 0 bridgehead atoms. The van der Waals surface area contributed by atoms with E-state index in [1.54, 1.807) is 6.07 Å². The summed E-state index contributed by atoms with van der Waals surface area (Å²) in [6.45, 7) is 6.83. The van der Waals surface area contributed by atoms with E-state index in [1.165, 1.54) is 11.3 Å². The van der Waals surface area contributed by atoms with Crippen LogP contribution in [0.2, 0.25) is 10.0 Å². The van der Waals surface area contributed by atoms with Gasteiger partial charge in [0.2, 0.25) is 0 Å². The Kier molecular flexibility index (Phi) is 6.00. The summed E-state index contributed by atoms with van der Waals surface area (Å²) < 4.78 is 5.83. The third kappa shape index (κ3) is 4.73. The standard InChI is InChI=1S/C26H26Cl2N2O/c1-17-15-26(2,3)30(4)25-14-24(28)18(12-23(17)25)16-29-20-8-10-21(11-9-20)31-22-7-5-6-19(27)13-22/h5-14,16-17H,15H2,1-4H3. The second-order valence-corrected chi connectivity index (χ2v) is 9.56. The fraction of sp³-hybridized carbons (Fsp3) is 0.269. The Morgan fingerprint density at radius 2 is 1.77 bits per heavy atom. The highest BCUT2D eigenvalue weighted by Crippen LogP contribution is 2.44. The molecule has 0 saturated carbocycles. The topological polar surface area (TPSA) is 24.8 Å². The van der Waals surface area contributed by atoms with Gasteiger partial charge in [-0.2, -0.15) is 0 Å². The highest BCUT2D eigenvalue weighted by molar-refractivity contribution is 6.33. The van der Waals surface area contributed by atoms with E-state index in [1.807, 2.05) is 48.7 Å². The molecule has 3 aromatic carbocycles. The molecule has 0 fully saturated rings. The molecule has 1 heterocycles. The van der Waals surface area contributed by atoms with E-state index in [0.29, 0.717) is 21.7 Å². The van der Waals surface area contributed by atoms with Crippen LogP contribution in [0, 0.1) is 0 Å². The quantitative estimate of drug-likeness (QED) is 0.372. The second-order valence-electron chi connectivity index (χ2n) is 8.72. The van der Waals surface area contributed by atoms with Crippen molar-refractivity contribution in [1.82, 2.24) is 0 Å². The maximum absolute atomic E-state index is 6.61. The monoisotopic (exact) mass is 452 g/mol. The third-order valence-corrected chi connectivity index (χ3v) is 6.54. The molecule has 0 aliphatic carbocycles. The van der Waals surface area contributed by atoms with Crippen molar-refractivity contribution >= 4 is 40.8 Å². The first-order chi connectivity index (χ1) is 14.7. The number of hydrogen-bond acceptors (Lipinski definition) is 3. The van der Waals surface area contributed by atoms with E-state index in [0.717, 1.165) is 23.4 Å². The second kappa shape index (κ2) is 8.57. The predicted molar refractivity (Wildman–Crippen MR) is 132 cm³/mol. The van der Waals surface area contributed by atoms with Crippen LogP contribution in [0.1, 0.15) is 44.2 Å². The Balaban J connectivity index is 1.53. The van der Waals surface area contributed by atoms with Crippen molar-refractivity contribution in [2.24, 2.45) is 4.99 Å². The number of hydrogen-bond donors (Lipinski definition) is 0. The number of aliphatic imine (C=N–C) groups is 1. The van der Waals surface area contributed by atoms with Crippen LogP contribution in [-0.2, 0) is 0 Å². The van der Waals surface area contributed by atoms with Crippen LogP contribution in [0.4, 0.5) is 11.4 Å². The summed E-state index contributed by atoms with van der Waals surface area (Å²) in [7, 11) is 2.14. The summed E-state index contributed by atoms with van der Waals surface area (Å²) in [6.07, 6.45) is 2.94. The summed E-state index contributed by atoms with van der Waals surface area (Å²) in [4.78, 5) is 6.95. The molecule has 31 heavy (non-hydrogen) atoms. The van der Waals surface area contributed by atoms with Crippen LogP contribution in [0.25, 0.3) is 0 Å². The van der Waals surface area contributed by atoms with Gasteiger partial charge in [0.05, 0.1) is 10.7 Å². The zero-order valence-electron chi connectivity index (χ0n) is 18.2. The van der Waals surface area contributed by atoms with Crippen LogP contribution in [0.3, 0.4) is 0 Å². The lowest BCUT2D eigenvalue weighted by Crippen LogP contribution is -2.45. The van der Waals surface area contributed by atoms with Gasteiger partial charge in [0.1, 0.15) is 11.5 Å². The Labute approximate surface area is 194 Å². The number of fused-ring (bicyclic) bond motifs is 1. The van der Waals surface area contributed by atoms with Gasteiger partial charge >= 0.3 is 0 Å². The average molecular weight is 453 g/mol. The molecule has 1 aliphatic rings. The molecule has 0 amide bonds. The molecule has 0 saturated heterocycles. The molecule has 1 unspecified atom stereocenters. The lowest BCUT2D eigenvalue weighted by molar-refractivity contribution is 0.395. The van der Waals surface area contributed by atoms with Gasteiger partial charge in [-0.3, -0.25) is 4.99 Å². The van der Waals surface area contributed by atoms with E-state index in [-0.39, 0.29) is 5.54 Å². The van der Waals surface area contributed by atoms with Crippen molar-refractivity contribution in [2.45, 2.75) is 38.6 Å². The molecule has 160 valence electrons. The fourth-order valence-corrected chi connectivity index (χ4v) is 4.50. The summed E-state index contributed by atoms with van der Waals surface area (Å²) in [5.41, 5.74) is 4.39. The van der Waals surface area contributed by atoms with Crippen molar-refractivity contribution in [3.8, 4) is 11.5 Å². The van der Waals surface area contributed by atoms with Crippen LogP contribution >= 0.6 is 23.2 Å². The van der Waals surface area contributed by atoms with Crippen molar-refractivity contribution in [1.29, 1.82) is 0 Å². The van der Waals surface area contributed by atoms with E-state index >= 15 is 0 Å². The Bertz CT molecular complexity index is 1120. The first kappa shape index (κ1) is 21.7. The molecule has 3 nitrogen and oxygen atoms in total. The summed E-state index contributed by atoms with van der Waals surface area (Å²) in [6, 6.07) is 19.2. The van der Waals surface area contributed by atoms with Crippen molar-refractivity contribution in [3.63, 3.8) is 0 Å². The van der Waals surface area contributed by atoms with Crippen molar-refractivity contribution in [3.05, 3.63) is 81.8 Å². The van der Waals surface area contributed by atoms with Crippen LogP contribution in [-0.4, -0.2) is 18.8 Å². The number of anilines is 1. The zero-order valence-corrected chi connectivity index (χ0v) is 19.7. The lowest BCUT2D eigenvalue weighted by Gasteiger charge is -2.45. The van der Waals surface area contributed by atoms with Gasteiger partial charge in [-0.05, 0) is 86.3 Å². The summed E-state index contributed by atoms with van der Waals surface area (Å²) >= 11 is 12.6. The number of ether oxygens (including phenoxy) is 1. The molecule has 1 aliphatic heterocycles. The first-order valence-corrected chi connectivity index (χ1v) is 11.1. The van der Waals surface area contributed by atoms with Crippen LogP contribution in [0.5, 0.6) is 11.5 Å². The molecule has 0 N–H and O–H groups in total. The molecular formula is C26H26Cl2N2O. The number of halogens is 2. The summed E-state index contributed by atoms with van der Waals surface area (Å²) in [5.74, 6) is 1.90. The number of benzene rings is 3. The van der Waals surface area contributed by atoms with E-state index in [2.05, 4.69) is 49.8 Å². The van der Waals surface area contributed by atoms with Crippen LogP contribution < -0.4 is 9.64 Å². The molecule has 4 rings (SSSR count). The number of nitrogens with zero attached hydrogens (tertiary/aromatic N) is 2. The van der Waals surface area contributed by atoms with Gasteiger partial charge < -0.3 is 9.64 Å². The van der Waals surface area contributed by atoms with Gasteiger partial charge in [-0.1, -0.05) is 36.2 Å². The number of rotatable bonds is 4. The van der Waals surface area contributed by atoms with E-state index in [9.17, 15) is 0 Å². The Morgan fingerprint density at radius 3 is 2.48 bits per heavy atom. The molecule has 1 atom stereocenters. The highest BCUT2D eigenvalue weighted by Gasteiger charge is 2.34. The van der Waals surface area contributed by atoms with Gasteiger partial charge in [0.25, 0.3) is 0 Å². The zero-order chi connectivity index (χ0) is 22.2. The van der Waals surface area contributed by atoms with Gasteiger partial charge in [0, 0.05) is 35.1 Å². The largest absolute Gasteiger partial charge is 0.457 e.